The molecule has 0 atom stereocenters. The van der Waals surface area contributed by atoms with Crippen LogP contribution in [0.5, 0.6) is 0 Å². The van der Waals surface area contributed by atoms with Crippen LogP contribution in [0, 0.1) is 6.92 Å². The highest BCUT2D eigenvalue weighted by Gasteiger charge is 2.12. The number of carbonyl (C=O) groups excluding carboxylic acids is 1. The zero-order chi connectivity index (χ0) is 17.4. The molecule has 0 spiro atoms. The minimum absolute atomic E-state index is 0.0395. The van der Waals surface area contributed by atoms with Crippen molar-refractivity contribution >= 4 is 15.9 Å². The van der Waals surface area contributed by atoms with Crippen molar-refractivity contribution in [2.75, 3.05) is 12.3 Å². The second kappa shape index (κ2) is 8.61. The average molecular weight is 346 g/mol. The Morgan fingerprint density at radius 2 is 1.71 bits per heavy atom. The maximum Gasteiger partial charge on any atom is 0.235 e. The van der Waals surface area contributed by atoms with Gasteiger partial charge in [-0.25, -0.2) is 13.1 Å². The number of nitrogens with one attached hydrogen (secondary N) is 2. The molecule has 1 amide bonds. The van der Waals surface area contributed by atoms with E-state index in [1.807, 2.05) is 61.5 Å². The van der Waals surface area contributed by atoms with Gasteiger partial charge in [0.05, 0.1) is 12.3 Å². The molecule has 0 heterocycles. The van der Waals surface area contributed by atoms with Gasteiger partial charge < -0.3 is 5.32 Å². The van der Waals surface area contributed by atoms with Crippen LogP contribution in [0.1, 0.15) is 16.7 Å². The normalized spacial score (nSPS) is 11.2. The molecule has 2 aromatic carbocycles. The number of amides is 1. The summed E-state index contributed by atoms with van der Waals surface area (Å²) in [6, 6.07) is 17.2. The van der Waals surface area contributed by atoms with E-state index in [0.29, 0.717) is 13.0 Å². The largest absolute Gasteiger partial charge is 0.351 e. The number of carbonyl (C=O) groups is 1. The number of aryl methyl sites for hydroxylation is 2. The Morgan fingerprint density at radius 1 is 1.00 bits per heavy atom. The van der Waals surface area contributed by atoms with Crippen molar-refractivity contribution in [3.63, 3.8) is 0 Å². The summed E-state index contributed by atoms with van der Waals surface area (Å²) in [5.41, 5.74) is 3.05. The Morgan fingerprint density at radius 3 is 2.42 bits per heavy atom. The lowest BCUT2D eigenvalue weighted by molar-refractivity contribution is -0.120. The first-order chi connectivity index (χ1) is 11.4. The fraction of sp³-hybridized carbons (Fsp3) is 0.278. The molecular weight excluding hydrogens is 324 g/mol. The van der Waals surface area contributed by atoms with E-state index in [4.69, 9.17) is 0 Å². The fourth-order valence-corrected chi connectivity index (χ4v) is 3.23. The summed E-state index contributed by atoms with van der Waals surface area (Å²) in [6.45, 7) is 2.11. The standard InChI is InChI=1S/C18H22N2O3S/c1-15-6-5-9-17(12-15)13-19-18(21)14-20-24(22,23)11-10-16-7-3-2-4-8-16/h2-9,12,20H,10-11,13-14H2,1H3,(H,19,21). The zero-order valence-corrected chi connectivity index (χ0v) is 14.5. The monoisotopic (exact) mass is 346 g/mol. The SMILES string of the molecule is Cc1cccc(CNC(=O)CNS(=O)(=O)CCc2ccccc2)c1. The Balaban J connectivity index is 1.73. The summed E-state index contributed by atoms with van der Waals surface area (Å²) in [7, 11) is -3.48. The highest BCUT2D eigenvalue weighted by Crippen LogP contribution is 2.03. The van der Waals surface area contributed by atoms with E-state index in [0.717, 1.165) is 16.7 Å². The van der Waals surface area contributed by atoms with E-state index in [1.54, 1.807) is 0 Å². The van der Waals surface area contributed by atoms with Gasteiger partial charge in [0.15, 0.2) is 0 Å². The van der Waals surface area contributed by atoms with Gasteiger partial charge in [-0.05, 0) is 24.5 Å². The minimum Gasteiger partial charge on any atom is -0.351 e. The highest BCUT2D eigenvalue weighted by atomic mass is 32.2. The molecule has 0 aliphatic rings. The van der Waals surface area contributed by atoms with Crippen molar-refractivity contribution in [3.8, 4) is 0 Å². The summed E-state index contributed by atoms with van der Waals surface area (Å²) in [6.07, 6.45) is 0.418. The molecule has 5 nitrogen and oxygen atoms in total. The van der Waals surface area contributed by atoms with Gasteiger partial charge in [-0.1, -0.05) is 60.2 Å². The predicted octanol–water partition coefficient (Wildman–Crippen LogP) is 1.77. The molecule has 0 aliphatic heterocycles. The lowest BCUT2D eigenvalue weighted by Gasteiger charge is -2.08. The Labute approximate surface area is 143 Å². The molecule has 2 rings (SSSR count). The molecule has 2 aromatic rings. The average Bonchev–Trinajstić information content (AvgIpc) is 2.58. The minimum atomic E-state index is -3.48. The summed E-state index contributed by atoms with van der Waals surface area (Å²) in [5.74, 6) is -0.387. The van der Waals surface area contributed by atoms with Crippen LogP contribution in [0.4, 0.5) is 0 Å². The van der Waals surface area contributed by atoms with Gasteiger partial charge in [-0.15, -0.1) is 0 Å². The Hall–Kier alpha value is -2.18. The molecule has 0 fully saturated rings. The van der Waals surface area contributed by atoms with E-state index in [9.17, 15) is 13.2 Å². The van der Waals surface area contributed by atoms with Crippen LogP contribution >= 0.6 is 0 Å². The van der Waals surface area contributed by atoms with Crippen molar-refractivity contribution in [3.05, 3.63) is 71.3 Å². The smallest absolute Gasteiger partial charge is 0.235 e. The van der Waals surface area contributed by atoms with Crippen LogP contribution < -0.4 is 10.0 Å². The third kappa shape index (κ3) is 6.52. The van der Waals surface area contributed by atoms with Gasteiger partial charge in [-0.3, -0.25) is 4.79 Å². The van der Waals surface area contributed by atoms with Crippen molar-refractivity contribution in [2.45, 2.75) is 19.9 Å². The van der Waals surface area contributed by atoms with Crippen molar-refractivity contribution in [2.24, 2.45) is 0 Å². The van der Waals surface area contributed by atoms with Crippen LogP contribution in [0.3, 0.4) is 0 Å². The van der Waals surface area contributed by atoms with E-state index in [1.165, 1.54) is 0 Å². The molecule has 0 unspecified atom stereocenters. The Kier molecular flexibility index (Phi) is 6.52. The summed E-state index contributed by atoms with van der Waals surface area (Å²) in [5, 5.41) is 2.71. The first kappa shape index (κ1) is 18.2. The van der Waals surface area contributed by atoms with E-state index in [2.05, 4.69) is 10.0 Å². The molecule has 2 N–H and O–H groups in total. The Bertz CT molecular complexity index is 774. The lowest BCUT2D eigenvalue weighted by Crippen LogP contribution is -2.37. The number of sulfonamides is 1. The first-order valence-corrected chi connectivity index (χ1v) is 9.43. The molecule has 128 valence electrons. The van der Waals surface area contributed by atoms with Gasteiger partial charge in [-0.2, -0.15) is 0 Å². The number of hydrogen-bond donors (Lipinski definition) is 2. The molecule has 0 saturated carbocycles. The number of hydrogen-bond acceptors (Lipinski definition) is 3. The first-order valence-electron chi connectivity index (χ1n) is 7.78. The quantitative estimate of drug-likeness (QED) is 0.765. The fourth-order valence-electron chi connectivity index (χ4n) is 2.23. The lowest BCUT2D eigenvalue weighted by atomic mass is 10.1. The van der Waals surface area contributed by atoms with Crippen LogP contribution in [0.15, 0.2) is 54.6 Å². The zero-order valence-electron chi connectivity index (χ0n) is 13.7. The van der Waals surface area contributed by atoms with Gasteiger partial charge in [0, 0.05) is 6.54 Å². The molecule has 0 radical (unpaired) electrons. The van der Waals surface area contributed by atoms with Crippen LogP contribution in [0.25, 0.3) is 0 Å². The maximum absolute atomic E-state index is 11.9. The highest BCUT2D eigenvalue weighted by molar-refractivity contribution is 7.89. The van der Waals surface area contributed by atoms with E-state index in [-0.39, 0.29) is 18.2 Å². The molecule has 0 aliphatic carbocycles. The third-order valence-corrected chi connectivity index (χ3v) is 4.85. The summed E-state index contributed by atoms with van der Waals surface area (Å²) < 4.78 is 26.2. The van der Waals surface area contributed by atoms with Crippen LogP contribution in [-0.4, -0.2) is 26.6 Å². The van der Waals surface area contributed by atoms with E-state index < -0.39 is 10.0 Å². The third-order valence-electron chi connectivity index (χ3n) is 3.53. The van der Waals surface area contributed by atoms with Crippen LogP contribution in [0.2, 0.25) is 0 Å². The van der Waals surface area contributed by atoms with Gasteiger partial charge in [0.2, 0.25) is 15.9 Å². The summed E-state index contributed by atoms with van der Waals surface area (Å²) in [4.78, 5) is 11.8. The topological polar surface area (TPSA) is 75.3 Å². The molecule has 24 heavy (non-hydrogen) atoms. The van der Waals surface area contributed by atoms with Gasteiger partial charge in [0.1, 0.15) is 0 Å². The molecule has 0 aromatic heterocycles. The van der Waals surface area contributed by atoms with Crippen LogP contribution in [-0.2, 0) is 27.8 Å². The summed E-state index contributed by atoms with van der Waals surface area (Å²) >= 11 is 0. The second-order valence-corrected chi connectivity index (χ2v) is 7.57. The second-order valence-electron chi connectivity index (χ2n) is 5.64. The van der Waals surface area contributed by atoms with Gasteiger partial charge in [0.25, 0.3) is 0 Å². The molecule has 0 bridgehead atoms. The van der Waals surface area contributed by atoms with Crippen molar-refractivity contribution in [1.82, 2.24) is 10.0 Å². The number of benzene rings is 2. The van der Waals surface area contributed by atoms with Gasteiger partial charge >= 0.3 is 0 Å². The maximum atomic E-state index is 11.9. The molecule has 6 heteroatoms. The number of rotatable bonds is 8. The predicted molar refractivity (Wildman–Crippen MR) is 95.0 cm³/mol. The van der Waals surface area contributed by atoms with E-state index >= 15 is 0 Å². The molecular formula is C18H22N2O3S. The van der Waals surface area contributed by atoms with Crippen molar-refractivity contribution in [1.29, 1.82) is 0 Å². The molecule has 0 saturated heterocycles. The van der Waals surface area contributed by atoms with Crippen molar-refractivity contribution < 1.29 is 13.2 Å².